The molecule has 0 bridgehead atoms. The summed E-state index contributed by atoms with van der Waals surface area (Å²) in [5.41, 5.74) is 1.10. The second kappa shape index (κ2) is 7.59. The predicted octanol–water partition coefficient (Wildman–Crippen LogP) is 2.75. The quantitative estimate of drug-likeness (QED) is 0.630. The average molecular weight is 387 g/mol. The molecule has 1 N–H and O–H groups in total. The van der Waals surface area contributed by atoms with Gasteiger partial charge in [-0.3, -0.25) is 19.3 Å². The zero-order chi connectivity index (χ0) is 19.6. The van der Waals surface area contributed by atoms with Gasteiger partial charge in [0, 0.05) is 18.7 Å². The number of imide groups is 1. The van der Waals surface area contributed by atoms with E-state index >= 15 is 0 Å². The second-order valence-corrected chi connectivity index (χ2v) is 6.20. The van der Waals surface area contributed by atoms with Crippen molar-refractivity contribution in [3.05, 3.63) is 64.2 Å². The molecule has 0 aromatic heterocycles. The third kappa shape index (κ3) is 3.68. The predicted molar refractivity (Wildman–Crippen MR) is 97.8 cm³/mol. The van der Waals surface area contributed by atoms with E-state index in [-0.39, 0.29) is 29.1 Å². The van der Waals surface area contributed by atoms with Crippen molar-refractivity contribution in [1.29, 1.82) is 0 Å². The molecule has 3 rings (SSSR count). The molecule has 138 valence electrons. The normalized spacial score (nSPS) is 12.7. The van der Waals surface area contributed by atoms with Gasteiger partial charge in [0.25, 0.3) is 11.8 Å². The van der Waals surface area contributed by atoms with Crippen molar-refractivity contribution in [1.82, 2.24) is 4.90 Å². The number of ether oxygens (including phenoxy) is 1. The standard InChI is InChI=1S/C19H15ClN2O5/c1-27-19(26)11-4-2-5-12(10-11)21-15(23)8-9-22-17(24)13-6-3-7-14(20)16(13)18(22)25/h2-7,10H,8-9H2,1H3,(H,21,23). The van der Waals surface area contributed by atoms with E-state index in [0.29, 0.717) is 11.3 Å². The molecule has 0 fully saturated rings. The molecule has 0 saturated heterocycles. The van der Waals surface area contributed by atoms with Crippen molar-refractivity contribution < 1.29 is 23.9 Å². The average Bonchev–Trinajstić information content (AvgIpc) is 2.91. The van der Waals surface area contributed by atoms with Crippen molar-refractivity contribution in [2.75, 3.05) is 19.0 Å². The third-order valence-electron chi connectivity index (χ3n) is 4.08. The number of rotatable bonds is 5. The van der Waals surface area contributed by atoms with E-state index in [0.717, 1.165) is 4.90 Å². The van der Waals surface area contributed by atoms with Crippen LogP contribution in [0.5, 0.6) is 0 Å². The van der Waals surface area contributed by atoms with Crippen molar-refractivity contribution in [3.63, 3.8) is 0 Å². The molecule has 0 radical (unpaired) electrons. The molecule has 0 spiro atoms. The van der Waals surface area contributed by atoms with Gasteiger partial charge in [0.15, 0.2) is 0 Å². The number of hydrogen-bond donors (Lipinski definition) is 1. The van der Waals surface area contributed by atoms with Crippen molar-refractivity contribution in [3.8, 4) is 0 Å². The van der Waals surface area contributed by atoms with E-state index in [1.54, 1.807) is 24.3 Å². The van der Waals surface area contributed by atoms with Crippen molar-refractivity contribution >= 4 is 41.0 Å². The summed E-state index contributed by atoms with van der Waals surface area (Å²) in [4.78, 5) is 49.4. The first-order valence-corrected chi connectivity index (χ1v) is 8.43. The Kier molecular flexibility index (Phi) is 5.23. The number of carbonyl (C=O) groups excluding carboxylic acids is 4. The lowest BCUT2D eigenvalue weighted by molar-refractivity contribution is -0.116. The molecule has 1 heterocycles. The number of methoxy groups -OCH3 is 1. The summed E-state index contributed by atoms with van der Waals surface area (Å²) < 4.78 is 4.63. The molecule has 7 nitrogen and oxygen atoms in total. The maximum Gasteiger partial charge on any atom is 0.337 e. The minimum atomic E-state index is -0.519. The van der Waals surface area contributed by atoms with Crippen LogP contribution >= 0.6 is 11.6 Å². The van der Waals surface area contributed by atoms with Crippen LogP contribution in [-0.2, 0) is 9.53 Å². The largest absolute Gasteiger partial charge is 0.465 e. The summed E-state index contributed by atoms with van der Waals surface area (Å²) in [5, 5.41) is 2.83. The summed E-state index contributed by atoms with van der Waals surface area (Å²) in [6, 6.07) is 10.9. The van der Waals surface area contributed by atoms with Gasteiger partial charge in [0.1, 0.15) is 0 Å². The maximum absolute atomic E-state index is 12.4. The molecule has 1 aliphatic rings. The van der Waals surface area contributed by atoms with E-state index in [4.69, 9.17) is 11.6 Å². The van der Waals surface area contributed by atoms with Crippen LogP contribution in [0.15, 0.2) is 42.5 Å². The van der Waals surface area contributed by atoms with Crippen molar-refractivity contribution in [2.45, 2.75) is 6.42 Å². The summed E-state index contributed by atoms with van der Waals surface area (Å²) in [6.07, 6.45) is -0.0917. The smallest absolute Gasteiger partial charge is 0.337 e. The van der Waals surface area contributed by atoms with Crippen LogP contribution in [0.2, 0.25) is 5.02 Å². The Labute approximate surface area is 159 Å². The number of esters is 1. The highest BCUT2D eigenvalue weighted by atomic mass is 35.5. The fourth-order valence-corrected chi connectivity index (χ4v) is 3.03. The lowest BCUT2D eigenvalue weighted by atomic mass is 10.1. The topological polar surface area (TPSA) is 92.8 Å². The molecular weight excluding hydrogens is 372 g/mol. The Bertz CT molecular complexity index is 957. The van der Waals surface area contributed by atoms with Gasteiger partial charge in [-0.05, 0) is 30.3 Å². The summed E-state index contributed by atoms with van der Waals surface area (Å²) in [7, 11) is 1.27. The Morgan fingerprint density at radius 2 is 1.85 bits per heavy atom. The number of amides is 3. The van der Waals surface area contributed by atoms with Gasteiger partial charge < -0.3 is 10.1 Å². The lowest BCUT2D eigenvalue weighted by Gasteiger charge is -2.13. The summed E-state index contributed by atoms with van der Waals surface area (Å²) in [6.45, 7) is -0.0782. The Balaban J connectivity index is 1.64. The van der Waals surface area contributed by atoms with Crippen LogP contribution in [0, 0.1) is 0 Å². The highest BCUT2D eigenvalue weighted by Crippen LogP contribution is 2.29. The number of halogens is 1. The number of hydrogen-bond acceptors (Lipinski definition) is 5. The zero-order valence-electron chi connectivity index (χ0n) is 14.3. The minimum Gasteiger partial charge on any atom is -0.465 e. The van der Waals surface area contributed by atoms with E-state index in [1.807, 2.05) is 0 Å². The van der Waals surface area contributed by atoms with Crippen LogP contribution in [0.4, 0.5) is 5.69 Å². The molecular formula is C19H15ClN2O5. The molecule has 3 amide bonds. The molecule has 2 aromatic rings. The monoisotopic (exact) mass is 386 g/mol. The van der Waals surface area contributed by atoms with E-state index in [2.05, 4.69) is 10.1 Å². The van der Waals surface area contributed by atoms with Crippen LogP contribution in [0.25, 0.3) is 0 Å². The number of nitrogens with zero attached hydrogens (tertiary/aromatic N) is 1. The van der Waals surface area contributed by atoms with Crippen LogP contribution < -0.4 is 5.32 Å². The first-order chi connectivity index (χ1) is 12.9. The molecule has 0 aliphatic carbocycles. The van der Waals surface area contributed by atoms with Gasteiger partial charge in [-0.15, -0.1) is 0 Å². The fraction of sp³-hybridized carbons (Fsp3) is 0.158. The highest BCUT2D eigenvalue weighted by molar-refractivity contribution is 6.37. The summed E-state index contributed by atoms with van der Waals surface area (Å²) >= 11 is 6.00. The van der Waals surface area contributed by atoms with Gasteiger partial charge >= 0.3 is 5.97 Å². The zero-order valence-corrected chi connectivity index (χ0v) is 15.1. The van der Waals surface area contributed by atoms with Gasteiger partial charge in [-0.1, -0.05) is 23.7 Å². The fourth-order valence-electron chi connectivity index (χ4n) is 2.77. The third-order valence-corrected chi connectivity index (χ3v) is 4.39. The van der Waals surface area contributed by atoms with Crippen LogP contribution in [0.1, 0.15) is 37.5 Å². The lowest BCUT2D eigenvalue weighted by Crippen LogP contribution is -2.33. The maximum atomic E-state index is 12.4. The van der Waals surface area contributed by atoms with E-state index in [1.165, 1.54) is 25.3 Å². The first kappa shape index (κ1) is 18.6. The summed E-state index contributed by atoms with van der Waals surface area (Å²) in [5.74, 6) is -1.91. The molecule has 8 heteroatoms. The molecule has 2 aromatic carbocycles. The molecule has 1 aliphatic heterocycles. The van der Waals surface area contributed by atoms with Gasteiger partial charge in [-0.25, -0.2) is 4.79 Å². The number of fused-ring (bicyclic) bond motifs is 1. The molecule has 0 saturated carbocycles. The van der Waals surface area contributed by atoms with Gasteiger partial charge in [0.2, 0.25) is 5.91 Å². The minimum absolute atomic E-state index is 0.0782. The van der Waals surface area contributed by atoms with Crippen molar-refractivity contribution in [2.24, 2.45) is 0 Å². The number of anilines is 1. The molecule has 27 heavy (non-hydrogen) atoms. The van der Waals surface area contributed by atoms with Crippen LogP contribution in [-0.4, -0.2) is 42.2 Å². The van der Waals surface area contributed by atoms with E-state index < -0.39 is 23.7 Å². The van der Waals surface area contributed by atoms with E-state index in [9.17, 15) is 19.2 Å². The second-order valence-electron chi connectivity index (χ2n) is 5.79. The SMILES string of the molecule is COC(=O)c1cccc(NC(=O)CCN2C(=O)c3cccc(Cl)c3C2=O)c1. The number of carbonyl (C=O) groups is 4. The Hall–Kier alpha value is -3.19. The Morgan fingerprint density at radius 1 is 1.11 bits per heavy atom. The first-order valence-electron chi connectivity index (χ1n) is 8.05. The highest BCUT2D eigenvalue weighted by Gasteiger charge is 2.37. The van der Waals surface area contributed by atoms with Gasteiger partial charge in [-0.2, -0.15) is 0 Å². The van der Waals surface area contributed by atoms with Crippen LogP contribution in [0.3, 0.4) is 0 Å². The number of nitrogens with one attached hydrogen (secondary N) is 1. The Morgan fingerprint density at radius 3 is 2.56 bits per heavy atom. The molecule has 0 atom stereocenters. The van der Waals surface area contributed by atoms with Gasteiger partial charge in [0.05, 0.1) is 28.8 Å². The molecule has 0 unspecified atom stereocenters. The number of benzene rings is 2.